The summed E-state index contributed by atoms with van der Waals surface area (Å²) in [6.07, 6.45) is 2.04. The maximum absolute atomic E-state index is 13.8. The fraction of sp³-hybridized carbons (Fsp3) is 0.333. The van der Waals surface area contributed by atoms with Crippen LogP contribution in [-0.4, -0.2) is 6.54 Å². The molecule has 0 aliphatic heterocycles. The molecule has 0 saturated carbocycles. The van der Waals surface area contributed by atoms with Gasteiger partial charge in [-0.05, 0) is 58.1 Å². The van der Waals surface area contributed by atoms with Crippen LogP contribution in [0.5, 0.6) is 0 Å². The Hall–Kier alpha value is -1.19. The second-order valence-corrected chi connectivity index (χ2v) is 5.92. The van der Waals surface area contributed by atoms with Gasteiger partial charge < -0.3 is 5.32 Å². The van der Waals surface area contributed by atoms with Gasteiger partial charge in [0.1, 0.15) is 5.82 Å². The van der Waals surface area contributed by atoms with E-state index in [0.717, 1.165) is 24.9 Å². The monoisotopic (exact) mass is 349 g/mol. The van der Waals surface area contributed by atoms with Crippen LogP contribution in [0.2, 0.25) is 0 Å². The van der Waals surface area contributed by atoms with Crippen LogP contribution in [-0.2, 0) is 6.42 Å². The smallest absolute Gasteiger partial charge is 0.137 e. The third-order valence-corrected chi connectivity index (χ3v) is 4.42. The van der Waals surface area contributed by atoms with Crippen molar-refractivity contribution in [2.75, 3.05) is 6.54 Å². The molecule has 1 N–H and O–H groups in total. The van der Waals surface area contributed by atoms with Crippen molar-refractivity contribution in [3.63, 3.8) is 0 Å². The minimum absolute atomic E-state index is 0.00141. The first-order chi connectivity index (χ1) is 10.2. The molecule has 0 aromatic heterocycles. The minimum Gasteiger partial charge on any atom is -0.306 e. The van der Waals surface area contributed by atoms with Gasteiger partial charge in [0.25, 0.3) is 0 Å². The number of hydrogen-bond acceptors (Lipinski definition) is 1. The Morgan fingerprint density at radius 2 is 1.90 bits per heavy atom. The SMILES string of the molecule is CCCNC(c1cccc(CC)c1)c1cccc(F)c1Br. The molecule has 1 unspecified atom stereocenters. The van der Waals surface area contributed by atoms with E-state index in [1.54, 1.807) is 6.07 Å². The lowest BCUT2D eigenvalue weighted by atomic mass is 9.96. The van der Waals surface area contributed by atoms with Crippen LogP contribution in [0, 0.1) is 5.82 Å². The summed E-state index contributed by atoms with van der Waals surface area (Å²) in [7, 11) is 0. The van der Waals surface area contributed by atoms with Crippen molar-refractivity contribution in [1.29, 1.82) is 0 Å². The lowest BCUT2D eigenvalue weighted by Gasteiger charge is -2.21. The van der Waals surface area contributed by atoms with E-state index in [-0.39, 0.29) is 11.9 Å². The van der Waals surface area contributed by atoms with Gasteiger partial charge in [0.15, 0.2) is 0 Å². The molecule has 0 radical (unpaired) electrons. The Labute approximate surface area is 134 Å². The fourth-order valence-corrected chi connectivity index (χ4v) is 2.93. The third-order valence-electron chi connectivity index (χ3n) is 3.58. The number of hydrogen-bond donors (Lipinski definition) is 1. The van der Waals surface area contributed by atoms with E-state index in [4.69, 9.17) is 0 Å². The van der Waals surface area contributed by atoms with E-state index in [1.807, 2.05) is 6.07 Å². The Balaban J connectivity index is 2.44. The van der Waals surface area contributed by atoms with Gasteiger partial charge >= 0.3 is 0 Å². The standard InChI is InChI=1S/C18H21BrFN/c1-3-11-21-18(14-8-5-7-13(4-2)12-14)15-9-6-10-16(20)17(15)19/h5-10,12,18,21H,3-4,11H2,1-2H3. The molecular weight excluding hydrogens is 329 g/mol. The number of halogens is 2. The van der Waals surface area contributed by atoms with Crippen molar-refractivity contribution in [1.82, 2.24) is 5.32 Å². The van der Waals surface area contributed by atoms with Gasteiger partial charge in [0.2, 0.25) is 0 Å². The molecule has 1 nitrogen and oxygen atoms in total. The molecule has 1 atom stereocenters. The zero-order valence-electron chi connectivity index (χ0n) is 12.5. The van der Waals surface area contributed by atoms with Crippen molar-refractivity contribution in [2.24, 2.45) is 0 Å². The predicted molar refractivity (Wildman–Crippen MR) is 90.1 cm³/mol. The Morgan fingerprint density at radius 1 is 1.14 bits per heavy atom. The lowest BCUT2D eigenvalue weighted by Crippen LogP contribution is -2.24. The largest absolute Gasteiger partial charge is 0.306 e. The summed E-state index contributed by atoms with van der Waals surface area (Å²) < 4.78 is 14.4. The second-order valence-electron chi connectivity index (χ2n) is 5.13. The van der Waals surface area contributed by atoms with Gasteiger partial charge in [-0.2, -0.15) is 0 Å². The molecule has 0 heterocycles. The number of rotatable bonds is 6. The topological polar surface area (TPSA) is 12.0 Å². The normalized spacial score (nSPS) is 12.4. The predicted octanol–water partition coefficient (Wildman–Crippen LogP) is 5.24. The second kappa shape index (κ2) is 7.71. The molecule has 2 aromatic carbocycles. The molecule has 21 heavy (non-hydrogen) atoms. The summed E-state index contributed by atoms with van der Waals surface area (Å²) >= 11 is 3.39. The Kier molecular flexibility index (Phi) is 5.95. The average Bonchev–Trinajstić information content (AvgIpc) is 2.52. The van der Waals surface area contributed by atoms with Crippen LogP contribution >= 0.6 is 15.9 Å². The summed E-state index contributed by atoms with van der Waals surface area (Å²) in [5.41, 5.74) is 3.41. The number of aryl methyl sites for hydroxylation is 1. The molecule has 2 rings (SSSR count). The molecule has 3 heteroatoms. The molecule has 0 aliphatic rings. The Morgan fingerprint density at radius 3 is 2.62 bits per heavy atom. The van der Waals surface area contributed by atoms with Crippen LogP contribution in [0.4, 0.5) is 4.39 Å². The molecule has 0 fully saturated rings. The highest BCUT2D eigenvalue weighted by atomic mass is 79.9. The van der Waals surface area contributed by atoms with Gasteiger partial charge in [-0.3, -0.25) is 0 Å². The maximum Gasteiger partial charge on any atom is 0.137 e. The maximum atomic E-state index is 13.8. The molecule has 0 aliphatic carbocycles. The van der Waals surface area contributed by atoms with Crippen molar-refractivity contribution < 1.29 is 4.39 Å². The zero-order valence-corrected chi connectivity index (χ0v) is 14.1. The first-order valence-corrected chi connectivity index (χ1v) is 8.22. The number of nitrogens with one attached hydrogen (secondary N) is 1. The lowest BCUT2D eigenvalue weighted by molar-refractivity contribution is 0.579. The van der Waals surface area contributed by atoms with E-state index >= 15 is 0 Å². The Bertz CT molecular complexity index is 598. The van der Waals surface area contributed by atoms with Crippen molar-refractivity contribution in [3.05, 3.63) is 69.4 Å². The molecule has 112 valence electrons. The molecule has 0 saturated heterocycles. The van der Waals surface area contributed by atoms with Crippen molar-refractivity contribution in [3.8, 4) is 0 Å². The molecule has 0 bridgehead atoms. The molecule has 0 spiro atoms. The van der Waals surface area contributed by atoms with Gasteiger partial charge in [0.05, 0.1) is 10.5 Å². The van der Waals surface area contributed by atoms with Crippen LogP contribution in [0.25, 0.3) is 0 Å². The highest BCUT2D eigenvalue weighted by Gasteiger charge is 2.18. The van der Waals surface area contributed by atoms with E-state index in [0.29, 0.717) is 4.47 Å². The van der Waals surface area contributed by atoms with E-state index in [9.17, 15) is 4.39 Å². The third kappa shape index (κ3) is 3.92. The van der Waals surface area contributed by atoms with Crippen LogP contribution in [0.1, 0.15) is 43.0 Å². The molecular formula is C18H21BrFN. The minimum atomic E-state index is -0.220. The average molecular weight is 350 g/mol. The first kappa shape index (κ1) is 16.2. The summed E-state index contributed by atoms with van der Waals surface area (Å²) in [4.78, 5) is 0. The van der Waals surface area contributed by atoms with E-state index in [1.165, 1.54) is 17.2 Å². The van der Waals surface area contributed by atoms with Crippen molar-refractivity contribution in [2.45, 2.75) is 32.7 Å². The number of benzene rings is 2. The van der Waals surface area contributed by atoms with E-state index < -0.39 is 0 Å². The fourth-order valence-electron chi connectivity index (χ4n) is 2.43. The quantitative estimate of drug-likeness (QED) is 0.751. The van der Waals surface area contributed by atoms with Gasteiger partial charge in [0, 0.05) is 0 Å². The summed E-state index contributed by atoms with van der Waals surface area (Å²) in [5.74, 6) is -0.220. The van der Waals surface area contributed by atoms with Gasteiger partial charge in [-0.15, -0.1) is 0 Å². The summed E-state index contributed by atoms with van der Waals surface area (Å²) in [6.45, 7) is 5.17. The molecule has 0 amide bonds. The highest BCUT2D eigenvalue weighted by Crippen LogP contribution is 2.31. The summed E-state index contributed by atoms with van der Waals surface area (Å²) in [5, 5.41) is 3.52. The van der Waals surface area contributed by atoms with Crippen LogP contribution < -0.4 is 5.32 Å². The van der Waals surface area contributed by atoms with Gasteiger partial charge in [-0.25, -0.2) is 4.39 Å². The van der Waals surface area contributed by atoms with Gasteiger partial charge in [-0.1, -0.05) is 50.2 Å². The highest BCUT2D eigenvalue weighted by molar-refractivity contribution is 9.10. The molecule has 2 aromatic rings. The van der Waals surface area contributed by atoms with E-state index in [2.05, 4.69) is 59.4 Å². The zero-order chi connectivity index (χ0) is 15.2. The van der Waals surface area contributed by atoms with Crippen molar-refractivity contribution >= 4 is 15.9 Å². The van der Waals surface area contributed by atoms with Crippen LogP contribution in [0.3, 0.4) is 0 Å². The summed E-state index contributed by atoms with van der Waals surface area (Å²) in [6, 6.07) is 13.7. The van der Waals surface area contributed by atoms with Crippen LogP contribution in [0.15, 0.2) is 46.9 Å². The first-order valence-electron chi connectivity index (χ1n) is 7.43.